The van der Waals surface area contributed by atoms with Gasteiger partial charge < -0.3 is 26.6 Å². The number of nitrogens with one attached hydrogen (secondary N) is 5. The smallest absolute Gasteiger partial charge is 0.243 e. The van der Waals surface area contributed by atoms with Gasteiger partial charge in [-0.2, -0.15) is 4.98 Å². The van der Waals surface area contributed by atoms with Gasteiger partial charge in [0, 0.05) is 50.1 Å². The Morgan fingerprint density at radius 3 is 2.42 bits per heavy atom. The molecule has 0 fully saturated rings. The molecule has 5 N–H and O–H groups in total. The topological polar surface area (TPSA) is 150 Å². The van der Waals surface area contributed by atoms with Gasteiger partial charge in [0.05, 0.1) is 0 Å². The minimum atomic E-state index is -0.828. The molecule has 1 aromatic carbocycles. The van der Waals surface area contributed by atoms with Crippen LogP contribution in [0.15, 0.2) is 60.9 Å². The van der Waals surface area contributed by atoms with E-state index < -0.39 is 24.0 Å². The van der Waals surface area contributed by atoms with E-state index in [4.69, 9.17) is 0 Å². The average molecular weight is 545 g/mol. The molecule has 1 aliphatic heterocycles. The highest BCUT2D eigenvalue weighted by molar-refractivity contribution is 5.93. The Kier molecular flexibility index (Phi) is 9.61. The fraction of sp³-hybridized carbons (Fsp3) is 0.379. The van der Waals surface area contributed by atoms with Gasteiger partial charge in [-0.15, -0.1) is 0 Å². The van der Waals surface area contributed by atoms with Crippen molar-refractivity contribution >= 4 is 29.5 Å². The molecule has 0 saturated heterocycles. The van der Waals surface area contributed by atoms with E-state index in [0.717, 1.165) is 11.1 Å². The van der Waals surface area contributed by atoms with Crippen LogP contribution < -0.4 is 26.6 Å². The van der Waals surface area contributed by atoms with Crippen LogP contribution in [0.1, 0.15) is 37.6 Å². The molecule has 3 atom stereocenters. The molecule has 1 aliphatic rings. The lowest BCUT2D eigenvalue weighted by Crippen LogP contribution is -2.56. The highest BCUT2D eigenvalue weighted by Gasteiger charge is 2.30. The molecule has 2 aromatic heterocycles. The standard InChI is InChI=1S/C29H36N8O3/c1-18(2)25-28(40)33-19(3)26(38)31-13-11-22-15-24(36-29(34-22)32-17-21-10-7-12-30-16-21)35-23(27(39)37-25)14-20-8-5-4-6-9-20/h4-10,12,15-16,18-19,23,25H,11,13-14,17H2,1-3H3,(H,31,38)(H,33,40)(H,37,39)(H2,32,34,35,36)/t19-,23-,25+/m0/s1. The van der Waals surface area contributed by atoms with Gasteiger partial charge in [-0.05, 0) is 30.0 Å². The van der Waals surface area contributed by atoms with Crippen LogP contribution in [0.4, 0.5) is 11.8 Å². The summed E-state index contributed by atoms with van der Waals surface area (Å²) in [5, 5.41) is 15.0. The minimum Gasteiger partial charge on any atom is -0.358 e. The third-order valence-electron chi connectivity index (χ3n) is 6.55. The Balaban J connectivity index is 1.67. The molecule has 2 bridgehead atoms. The van der Waals surface area contributed by atoms with Crippen molar-refractivity contribution in [3.8, 4) is 0 Å². The fourth-order valence-electron chi connectivity index (χ4n) is 4.32. The molecule has 4 rings (SSSR count). The van der Waals surface area contributed by atoms with E-state index in [0.29, 0.717) is 43.4 Å². The van der Waals surface area contributed by atoms with Crippen molar-refractivity contribution in [3.63, 3.8) is 0 Å². The van der Waals surface area contributed by atoms with Gasteiger partial charge >= 0.3 is 0 Å². The summed E-state index contributed by atoms with van der Waals surface area (Å²) in [6.07, 6.45) is 4.26. The first-order valence-electron chi connectivity index (χ1n) is 13.5. The van der Waals surface area contributed by atoms with E-state index >= 15 is 0 Å². The Morgan fingerprint density at radius 1 is 0.925 bits per heavy atom. The van der Waals surface area contributed by atoms with Crippen LogP contribution in [0.2, 0.25) is 0 Å². The Labute approximate surface area is 234 Å². The molecule has 0 aliphatic carbocycles. The van der Waals surface area contributed by atoms with E-state index in [1.807, 2.05) is 56.3 Å². The number of benzene rings is 1. The molecule has 11 nitrogen and oxygen atoms in total. The van der Waals surface area contributed by atoms with Gasteiger partial charge in [0.25, 0.3) is 0 Å². The second kappa shape index (κ2) is 13.5. The Bertz CT molecular complexity index is 1300. The lowest BCUT2D eigenvalue weighted by molar-refractivity contribution is -0.132. The highest BCUT2D eigenvalue weighted by Crippen LogP contribution is 2.16. The lowest BCUT2D eigenvalue weighted by atomic mass is 10.0. The van der Waals surface area contributed by atoms with E-state index in [-0.39, 0.29) is 17.7 Å². The first kappa shape index (κ1) is 28.5. The molecule has 0 unspecified atom stereocenters. The first-order valence-corrected chi connectivity index (χ1v) is 13.5. The number of carbonyl (C=O) groups is 3. The number of hydrogen-bond donors (Lipinski definition) is 5. The quantitative estimate of drug-likeness (QED) is 0.315. The third-order valence-corrected chi connectivity index (χ3v) is 6.55. The number of pyridine rings is 1. The largest absolute Gasteiger partial charge is 0.358 e. The Hall–Kier alpha value is -4.54. The molecule has 0 spiro atoms. The summed E-state index contributed by atoms with van der Waals surface area (Å²) < 4.78 is 0. The number of hydrogen-bond acceptors (Lipinski definition) is 8. The Morgan fingerprint density at radius 2 is 1.70 bits per heavy atom. The van der Waals surface area contributed by atoms with Gasteiger partial charge in [-0.3, -0.25) is 19.4 Å². The molecule has 0 saturated carbocycles. The fourth-order valence-corrected chi connectivity index (χ4v) is 4.32. The summed E-state index contributed by atoms with van der Waals surface area (Å²) in [6, 6.07) is 12.9. The summed E-state index contributed by atoms with van der Waals surface area (Å²) in [7, 11) is 0. The monoisotopic (exact) mass is 544 g/mol. The van der Waals surface area contributed by atoms with Crippen molar-refractivity contribution in [3.05, 3.63) is 77.7 Å². The van der Waals surface area contributed by atoms with Crippen LogP contribution in [0.3, 0.4) is 0 Å². The van der Waals surface area contributed by atoms with Crippen molar-refractivity contribution in [1.29, 1.82) is 0 Å². The number of carbonyl (C=O) groups excluding carboxylic acids is 3. The molecule has 3 aromatic rings. The molecular formula is C29H36N8O3. The summed E-state index contributed by atoms with van der Waals surface area (Å²) in [5.74, 6) is -0.461. The zero-order valence-corrected chi connectivity index (χ0v) is 23.0. The predicted molar refractivity (Wildman–Crippen MR) is 152 cm³/mol. The van der Waals surface area contributed by atoms with Crippen LogP contribution in [-0.2, 0) is 33.8 Å². The number of anilines is 2. The van der Waals surface area contributed by atoms with Gasteiger partial charge in [0.15, 0.2) is 0 Å². The third kappa shape index (κ3) is 7.98. The summed E-state index contributed by atoms with van der Waals surface area (Å²) in [4.78, 5) is 52.8. The molecule has 0 radical (unpaired) electrons. The van der Waals surface area contributed by atoms with Gasteiger partial charge in [-0.25, -0.2) is 4.98 Å². The maximum Gasteiger partial charge on any atom is 0.243 e. The SMILES string of the molecule is CC(C)[C@H]1NC(=O)[C@H](Cc2ccccc2)Nc2cc(nc(NCc3cccnc3)n2)CCNC(=O)[C@H](C)NC1=O. The number of nitrogens with zero attached hydrogens (tertiary/aromatic N) is 3. The number of fused-ring (bicyclic) bond motifs is 2. The average Bonchev–Trinajstić information content (AvgIpc) is 2.94. The molecule has 11 heteroatoms. The van der Waals surface area contributed by atoms with Gasteiger partial charge in [-0.1, -0.05) is 50.2 Å². The van der Waals surface area contributed by atoms with Crippen molar-refractivity contribution < 1.29 is 14.4 Å². The van der Waals surface area contributed by atoms with Crippen molar-refractivity contribution in [2.75, 3.05) is 17.2 Å². The minimum absolute atomic E-state index is 0.207. The van der Waals surface area contributed by atoms with Crippen molar-refractivity contribution in [2.24, 2.45) is 5.92 Å². The molecule has 210 valence electrons. The van der Waals surface area contributed by atoms with Crippen LogP contribution in [0.25, 0.3) is 0 Å². The summed E-state index contributed by atoms with van der Waals surface area (Å²) in [5.41, 5.74) is 2.59. The molecule has 3 heterocycles. The number of rotatable bonds is 6. The van der Waals surface area contributed by atoms with Crippen LogP contribution >= 0.6 is 0 Å². The van der Waals surface area contributed by atoms with Crippen LogP contribution in [0, 0.1) is 5.92 Å². The zero-order chi connectivity index (χ0) is 28.5. The maximum atomic E-state index is 13.7. The van der Waals surface area contributed by atoms with E-state index in [2.05, 4.69) is 41.5 Å². The second-order valence-corrected chi connectivity index (χ2v) is 10.2. The van der Waals surface area contributed by atoms with Crippen LogP contribution in [-0.4, -0.2) is 57.3 Å². The van der Waals surface area contributed by atoms with Crippen LogP contribution in [0.5, 0.6) is 0 Å². The summed E-state index contributed by atoms with van der Waals surface area (Å²) >= 11 is 0. The van der Waals surface area contributed by atoms with E-state index in [9.17, 15) is 14.4 Å². The number of amides is 3. The molecule has 40 heavy (non-hydrogen) atoms. The lowest BCUT2D eigenvalue weighted by Gasteiger charge is -2.26. The maximum absolute atomic E-state index is 13.7. The van der Waals surface area contributed by atoms with Crippen molar-refractivity contribution in [2.45, 2.75) is 58.3 Å². The summed E-state index contributed by atoms with van der Waals surface area (Å²) in [6.45, 7) is 6.09. The van der Waals surface area contributed by atoms with E-state index in [1.54, 1.807) is 25.4 Å². The normalized spacial score (nSPS) is 20.3. The first-order chi connectivity index (χ1) is 19.3. The predicted octanol–water partition coefficient (Wildman–Crippen LogP) is 1.82. The van der Waals surface area contributed by atoms with Gasteiger partial charge in [0.1, 0.15) is 23.9 Å². The van der Waals surface area contributed by atoms with E-state index in [1.165, 1.54) is 0 Å². The second-order valence-electron chi connectivity index (χ2n) is 10.2. The number of aromatic nitrogens is 3. The van der Waals surface area contributed by atoms with Crippen molar-refractivity contribution in [1.82, 2.24) is 30.9 Å². The molecular weight excluding hydrogens is 508 g/mol. The highest BCUT2D eigenvalue weighted by atomic mass is 16.2. The van der Waals surface area contributed by atoms with Gasteiger partial charge in [0.2, 0.25) is 23.7 Å². The zero-order valence-electron chi connectivity index (χ0n) is 23.0. The molecule has 3 amide bonds.